The van der Waals surface area contributed by atoms with Gasteiger partial charge in [0.25, 0.3) is 5.91 Å². The van der Waals surface area contributed by atoms with E-state index < -0.39 is 29.4 Å². The second-order valence-electron chi connectivity index (χ2n) is 7.13. The number of carboxylic acid groups (broad SMARTS) is 1. The average molecular weight is 405 g/mol. The SMILES string of the molecule is O=C(O)c1cc2c(s1)CCOC21CCN(C(=O)C(O)c2cccc(F)c2)CC1. The Morgan fingerprint density at radius 2 is 2.00 bits per heavy atom. The van der Waals surface area contributed by atoms with Gasteiger partial charge in [0.15, 0.2) is 6.10 Å². The molecule has 0 radical (unpaired) electrons. The summed E-state index contributed by atoms with van der Waals surface area (Å²) in [6, 6.07) is 7.09. The molecule has 1 fully saturated rings. The van der Waals surface area contributed by atoms with Gasteiger partial charge in [0, 0.05) is 24.4 Å². The quantitative estimate of drug-likeness (QED) is 0.820. The minimum atomic E-state index is -1.41. The molecule has 0 aliphatic carbocycles. The third-order valence-corrected chi connectivity index (χ3v) is 6.68. The minimum Gasteiger partial charge on any atom is -0.477 e. The largest absolute Gasteiger partial charge is 0.477 e. The van der Waals surface area contributed by atoms with Gasteiger partial charge in [-0.2, -0.15) is 0 Å². The Kier molecular flexibility index (Phi) is 4.95. The van der Waals surface area contributed by atoms with Crippen LogP contribution in [0.4, 0.5) is 4.39 Å². The first-order valence-corrected chi connectivity index (χ1v) is 9.94. The zero-order valence-electron chi connectivity index (χ0n) is 15.1. The number of likely N-dealkylation sites (tertiary alicyclic amines) is 1. The molecule has 2 aromatic rings. The Bertz CT molecular complexity index is 919. The Balaban J connectivity index is 1.49. The Morgan fingerprint density at radius 3 is 2.68 bits per heavy atom. The van der Waals surface area contributed by atoms with Gasteiger partial charge in [-0.05, 0) is 42.2 Å². The second kappa shape index (κ2) is 7.27. The minimum absolute atomic E-state index is 0.227. The molecule has 1 atom stereocenters. The molecule has 1 aromatic carbocycles. The van der Waals surface area contributed by atoms with Gasteiger partial charge in [-0.25, -0.2) is 9.18 Å². The Hall–Kier alpha value is -2.29. The van der Waals surface area contributed by atoms with E-state index in [9.17, 15) is 24.2 Å². The highest BCUT2D eigenvalue weighted by molar-refractivity contribution is 7.14. The van der Waals surface area contributed by atoms with Crippen LogP contribution in [0.15, 0.2) is 30.3 Å². The fourth-order valence-corrected chi connectivity index (χ4v) is 5.09. The molecule has 1 aromatic heterocycles. The molecule has 2 N–H and O–H groups in total. The fraction of sp³-hybridized carbons (Fsp3) is 0.400. The van der Waals surface area contributed by atoms with E-state index in [1.54, 1.807) is 11.0 Å². The van der Waals surface area contributed by atoms with Crippen LogP contribution in [0.25, 0.3) is 0 Å². The van der Waals surface area contributed by atoms with Crippen molar-refractivity contribution >= 4 is 23.2 Å². The van der Waals surface area contributed by atoms with Gasteiger partial charge in [-0.3, -0.25) is 4.79 Å². The lowest BCUT2D eigenvalue weighted by Crippen LogP contribution is -2.49. The molecule has 4 rings (SSSR count). The predicted molar refractivity (Wildman–Crippen MR) is 99.8 cm³/mol. The zero-order valence-corrected chi connectivity index (χ0v) is 15.9. The van der Waals surface area contributed by atoms with Crippen LogP contribution in [0, 0.1) is 5.82 Å². The summed E-state index contributed by atoms with van der Waals surface area (Å²) in [6.07, 6.45) is 0.331. The van der Waals surface area contributed by atoms with E-state index in [0.717, 1.165) is 16.5 Å². The molecular weight excluding hydrogens is 385 g/mol. The molecule has 2 aliphatic heterocycles. The molecule has 0 bridgehead atoms. The summed E-state index contributed by atoms with van der Waals surface area (Å²) in [5, 5.41) is 19.6. The maximum Gasteiger partial charge on any atom is 0.345 e. The molecule has 2 aliphatic rings. The molecule has 0 saturated carbocycles. The summed E-state index contributed by atoms with van der Waals surface area (Å²) < 4.78 is 19.5. The van der Waals surface area contributed by atoms with Gasteiger partial charge in [0.2, 0.25) is 0 Å². The van der Waals surface area contributed by atoms with Crippen molar-refractivity contribution in [2.24, 2.45) is 0 Å². The molecule has 1 saturated heterocycles. The first-order valence-electron chi connectivity index (χ1n) is 9.12. The maximum atomic E-state index is 13.4. The Labute approximate surface area is 165 Å². The standard InChI is InChI=1S/C20H20FNO5S/c21-13-3-1-2-12(10-13)17(23)18(24)22-7-5-20(6-8-22)14-11-16(19(25)26)28-15(14)4-9-27-20/h1-3,10-11,17,23H,4-9H2,(H,25,26). The normalized spacial score (nSPS) is 19.3. The molecule has 1 spiro atoms. The summed E-state index contributed by atoms with van der Waals surface area (Å²) >= 11 is 1.29. The van der Waals surface area contributed by atoms with Gasteiger partial charge < -0.3 is 19.8 Å². The van der Waals surface area contributed by atoms with Gasteiger partial charge >= 0.3 is 5.97 Å². The highest BCUT2D eigenvalue weighted by atomic mass is 32.1. The van der Waals surface area contributed by atoms with E-state index >= 15 is 0 Å². The number of nitrogens with zero attached hydrogens (tertiary/aromatic N) is 1. The lowest BCUT2D eigenvalue weighted by molar-refractivity contribution is -0.149. The summed E-state index contributed by atoms with van der Waals surface area (Å²) in [4.78, 5) is 26.9. The third kappa shape index (κ3) is 3.32. The molecule has 3 heterocycles. The van der Waals surface area contributed by atoms with E-state index in [-0.39, 0.29) is 5.56 Å². The number of carboxylic acids is 1. The van der Waals surface area contributed by atoms with E-state index in [0.29, 0.717) is 43.8 Å². The number of fused-ring (bicyclic) bond motifs is 2. The number of rotatable bonds is 3. The monoisotopic (exact) mass is 405 g/mol. The maximum absolute atomic E-state index is 13.4. The van der Waals surface area contributed by atoms with Crippen molar-refractivity contribution < 1.29 is 28.9 Å². The van der Waals surface area contributed by atoms with Gasteiger partial charge in [-0.1, -0.05) is 12.1 Å². The number of ether oxygens (including phenoxy) is 1. The number of aliphatic hydroxyl groups is 1. The lowest BCUT2D eigenvalue weighted by atomic mass is 9.82. The van der Waals surface area contributed by atoms with Crippen molar-refractivity contribution in [2.75, 3.05) is 19.7 Å². The first-order chi connectivity index (χ1) is 13.4. The first kappa shape index (κ1) is 19.0. The van der Waals surface area contributed by atoms with Crippen molar-refractivity contribution in [1.29, 1.82) is 0 Å². The van der Waals surface area contributed by atoms with Gasteiger partial charge in [-0.15, -0.1) is 11.3 Å². The number of aromatic carboxylic acids is 1. The molecule has 6 nitrogen and oxygen atoms in total. The van der Waals surface area contributed by atoms with E-state index in [1.165, 1.54) is 29.5 Å². The molecule has 148 valence electrons. The number of carbonyl (C=O) groups excluding carboxylic acids is 1. The van der Waals surface area contributed by atoms with Gasteiger partial charge in [0.05, 0.1) is 12.2 Å². The van der Waals surface area contributed by atoms with Crippen LogP contribution in [-0.2, 0) is 21.6 Å². The van der Waals surface area contributed by atoms with Crippen molar-refractivity contribution in [1.82, 2.24) is 4.90 Å². The number of halogens is 1. The van der Waals surface area contributed by atoms with Crippen LogP contribution in [0.5, 0.6) is 0 Å². The fourth-order valence-electron chi connectivity index (χ4n) is 4.02. The lowest BCUT2D eigenvalue weighted by Gasteiger charge is -2.44. The van der Waals surface area contributed by atoms with E-state index in [4.69, 9.17) is 4.74 Å². The summed E-state index contributed by atoms with van der Waals surface area (Å²) in [6.45, 7) is 1.28. The second-order valence-corrected chi connectivity index (χ2v) is 8.26. The number of piperidine rings is 1. The molecule has 1 amide bonds. The number of hydrogen-bond donors (Lipinski definition) is 2. The zero-order chi connectivity index (χ0) is 19.9. The van der Waals surface area contributed by atoms with Crippen LogP contribution in [0.2, 0.25) is 0 Å². The van der Waals surface area contributed by atoms with Crippen LogP contribution in [0.3, 0.4) is 0 Å². The molecule has 8 heteroatoms. The summed E-state index contributed by atoms with van der Waals surface area (Å²) in [7, 11) is 0. The average Bonchev–Trinajstić information content (AvgIpc) is 3.14. The van der Waals surface area contributed by atoms with Gasteiger partial charge in [0.1, 0.15) is 10.7 Å². The number of amides is 1. The molecular formula is C20H20FNO5S. The van der Waals surface area contributed by atoms with Crippen molar-refractivity contribution in [3.8, 4) is 0 Å². The van der Waals surface area contributed by atoms with Crippen LogP contribution in [-0.4, -0.2) is 46.7 Å². The van der Waals surface area contributed by atoms with Crippen molar-refractivity contribution in [2.45, 2.75) is 31.0 Å². The molecule has 1 unspecified atom stereocenters. The van der Waals surface area contributed by atoms with Crippen LogP contribution in [0.1, 0.15) is 44.6 Å². The van der Waals surface area contributed by atoms with Crippen LogP contribution >= 0.6 is 11.3 Å². The number of hydrogen-bond acceptors (Lipinski definition) is 5. The highest BCUT2D eigenvalue weighted by Gasteiger charge is 2.43. The smallest absolute Gasteiger partial charge is 0.345 e. The number of carbonyl (C=O) groups is 2. The van der Waals surface area contributed by atoms with Crippen molar-refractivity contribution in [3.63, 3.8) is 0 Å². The highest BCUT2D eigenvalue weighted by Crippen LogP contribution is 2.44. The van der Waals surface area contributed by atoms with E-state index in [2.05, 4.69) is 0 Å². The number of thiophene rings is 1. The van der Waals surface area contributed by atoms with Crippen LogP contribution < -0.4 is 0 Å². The molecule has 28 heavy (non-hydrogen) atoms. The summed E-state index contributed by atoms with van der Waals surface area (Å²) in [5.74, 6) is -1.91. The number of aliphatic hydroxyl groups excluding tert-OH is 1. The van der Waals surface area contributed by atoms with E-state index in [1.807, 2.05) is 0 Å². The number of benzene rings is 1. The topological polar surface area (TPSA) is 87.1 Å². The van der Waals surface area contributed by atoms with Crippen molar-refractivity contribution in [3.05, 3.63) is 57.0 Å². The Morgan fingerprint density at radius 1 is 1.25 bits per heavy atom. The predicted octanol–water partition coefficient (Wildman–Crippen LogP) is 2.71. The third-order valence-electron chi connectivity index (χ3n) is 5.50. The summed E-state index contributed by atoms with van der Waals surface area (Å²) in [5.41, 5.74) is 0.558.